The average Bonchev–Trinajstić information content (AvgIpc) is 3.00. The molecule has 1 aromatic heterocycles. The second-order valence-corrected chi connectivity index (χ2v) is 6.57. The molecule has 0 saturated carbocycles. The van der Waals surface area contributed by atoms with Crippen molar-refractivity contribution in [2.45, 2.75) is 26.9 Å². The van der Waals surface area contributed by atoms with Crippen molar-refractivity contribution in [3.63, 3.8) is 0 Å². The molecule has 2 amide bonds. The van der Waals surface area contributed by atoms with Gasteiger partial charge in [0.1, 0.15) is 5.75 Å². The summed E-state index contributed by atoms with van der Waals surface area (Å²) in [5.74, 6) is -0.151. The van der Waals surface area contributed by atoms with Crippen molar-refractivity contribution < 1.29 is 14.3 Å². The molecule has 27 heavy (non-hydrogen) atoms. The van der Waals surface area contributed by atoms with E-state index in [1.807, 2.05) is 67.9 Å². The normalized spacial score (nSPS) is 11.9. The Morgan fingerprint density at radius 3 is 2.56 bits per heavy atom. The number of aryl methyl sites for hydroxylation is 2. The monoisotopic (exact) mass is 365 g/mol. The van der Waals surface area contributed by atoms with Gasteiger partial charge in [-0.2, -0.15) is 0 Å². The van der Waals surface area contributed by atoms with Gasteiger partial charge in [-0.25, -0.2) is 0 Å². The molecule has 6 nitrogen and oxygen atoms in total. The molecule has 0 aliphatic carbocycles. The van der Waals surface area contributed by atoms with Crippen molar-refractivity contribution >= 4 is 22.7 Å². The van der Waals surface area contributed by atoms with Crippen LogP contribution >= 0.6 is 0 Å². The molecule has 1 atom stereocenters. The van der Waals surface area contributed by atoms with Crippen molar-refractivity contribution in [2.75, 3.05) is 0 Å². The van der Waals surface area contributed by atoms with E-state index in [1.165, 1.54) is 0 Å². The lowest BCUT2D eigenvalue weighted by Crippen LogP contribution is -2.47. The number of carbonyl (C=O) groups is 2. The predicted octanol–water partition coefficient (Wildman–Crippen LogP) is 3.02. The highest BCUT2D eigenvalue weighted by Gasteiger charge is 2.18. The zero-order valence-corrected chi connectivity index (χ0v) is 15.9. The van der Waals surface area contributed by atoms with Gasteiger partial charge in [0, 0.05) is 24.1 Å². The van der Waals surface area contributed by atoms with E-state index < -0.39 is 12.0 Å². The van der Waals surface area contributed by atoms with Crippen LogP contribution in [-0.4, -0.2) is 22.5 Å². The maximum Gasteiger partial charge on any atom is 0.279 e. The lowest BCUT2D eigenvalue weighted by atomic mass is 10.1. The standard InChI is InChI=1S/C21H23N3O3/c1-13-8-7-11-19(14(13)2)27-15(3)20(25)22-23-21(26)17-12-24(4)18-10-6-5-9-16(17)18/h5-12,15H,1-4H3,(H,22,25)(H,23,26)/t15-/m1/s1. The molecule has 0 radical (unpaired) electrons. The minimum Gasteiger partial charge on any atom is -0.481 e. The Morgan fingerprint density at radius 2 is 1.78 bits per heavy atom. The highest BCUT2D eigenvalue weighted by Crippen LogP contribution is 2.22. The molecule has 3 rings (SSSR count). The van der Waals surface area contributed by atoms with Gasteiger partial charge in [0.15, 0.2) is 6.10 Å². The Balaban J connectivity index is 1.64. The van der Waals surface area contributed by atoms with Crippen LogP contribution in [0.25, 0.3) is 10.9 Å². The average molecular weight is 365 g/mol. The van der Waals surface area contributed by atoms with Crippen LogP contribution in [0.1, 0.15) is 28.4 Å². The zero-order chi connectivity index (χ0) is 19.6. The van der Waals surface area contributed by atoms with Gasteiger partial charge >= 0.3 is 0 Å². The summed E-state index contributed by atoms with van der Waals surface area (Å²) in [4.78, 5) is 24.8. The summed E-state index contributed by atoms with van der Waals surface area (Å²) in [6, 6.07) is 13.3. The molecular formula is C21H23N3O3. The van der Waals surface area contributed by atoms with Crippen LogP contribution in [0, 0.1) is 13.8 Å². The minimum absolute atomic E-state index is 0.376. The highest BCUT2D eigenvalue weighted by atomic mass is 16.5. The highest BCUT2D eigenvalue weighted by molar-refractivity contribution is 6.07. The molecule has 0 fully saturated rings. The molecule has 2 aromatic carbocycles. The number of hydrogen-bond donors (Lipinski definition) is 2. The molecule has 0 aliphatic rings. The van der Waals surface area contributed by atoms with Crippen LogP contribution in [0.2, 0.25) is 0 Å². The number of nitrogens with one attached hydrogen (secondary N) is 2. The summed E-state index contributed by atoms with van der Waals surface area (Å²) in [5.41, 5.74) is 8.41. The van der Waals surface area contributed by atoms with Gasteiger partial charge in [-0.1, -0.05) is 30.3 Å². The van der Waals surface area contributed by atoms with Crippen molar-refractivity contribution in [2.24, 2.45) is 7.05 Å². The number of amides is 2. The van der Waals surface area contributed by atoms with Crippen LogP contribution in [0.5, 0.6) is 5.75 Å². The summed E-state index contributed by atoms with van der Waals surface area (Å²) in [6.45, 7) is 5.57. The van der Waals surface area contributed by atoms with Crippen LogP contribution < -0.4 is 15.6 Å². The largest absolute Gasteiger partial charge is 0.481 e. The van der Waals surface area contributed by atoms with E-state index in [-0.39, 0.29) is 5.91 Å². The topological polar surface area (TPSA) is 72.4 Å². The third-order valence-electron chi connectivity index (χ3n) is 4.67. The fourth-order valence-electron chi connectivity index (χ4n) is 2.91. The van der Waals surface area contributed by atoms with Crippen LogP contribution in [-0.2, 0) is 11.8 Å². The summed E-state index contributed by atoms with van der Waals surface area (Å²) in [7, 11) is 1.87. The third-order valence-corrected chi connectivity index (χ3v) is 4.67. The first kappa shape index (κ1) is 18.5. The summed E-state index contributed by atoms with van der Waals surface area (Å²) in [5, 5.41) is 0.825. The van der Waals surface area contributed by atoms with Crippen molar-refractivity contribution in [1.29, 1.82) is 0 Å². The first-order valence-electron chi connectivity index (χ1n) is 8.75. The molecule has 2 N–H and O–H groups in total. The number of benzene rings is 2. The lowest BCUT2D eigenvalue weighted by Gasteiger charge is -2.17. The number of nitrogens with zero attached hydrogens (tertiary/aromatic N) is 1. The number of aromatic nitrogens is 1. The SMILES string of the molecule is Cc1cccc(O[C@H](C)C(=O)NNC(=O)c2cn(C)c3ccccc23)c1C. The second kappa shape index (κ2) is 7.53. The van der Waals surface area contributed by atoms with E-state index >= 15 is 0 Å². The third kappa shape index (κ3) is 3.79. The van der Waals surface area contributed by atoms with E-state index in [1.54, 1.807) is 13.1 Å². The molecule has 0 bridgehead atoms. The molecule has 0 saturated heterocycles. The molecule has 0 unspecified atom stereocenters. The van der Waals surface area contributed by atoms with E-state index in [0.717, 1.165) is 22.0 Å². The van der Waals surface area contributed by atoms with Gasteiger partial charge in [-0.05, 0) is 44.0 Å². The molecule has 6 heteroatoms. The number of carbonyl (C=O) groups excluding carboxylic acids is 2. The molecule has 0 spiro atoms. The summed E-state index contributed by atoms with van der Waals surface area (Å²) in [6.07, 6.45) is 0.987. The Kier molecular flexibility index (Phi) is 5.16. The Hall–Kier alpha value is -3.28. The van der Waals surface area contributed by atoms with Crippen molar-refractivity contribution in [3.05, 3.63) is 65.4 Å². The van der Waals surface area contributed by atoms with Gasteiger partial charge in [0.25, 0.3) is 11.8 Å². The molecule has 0 aliphatic heterocycles. The zero-order valence-electron chi connectivity index (χ0n) is 15.9. The fraction of sp³-hybridized carbons (Fsp3) is 0.238. The number of para-hydroxylation sites is 1. The Bertz CT molecular complexity index is 1010. The predicted molar refractivity (Wildman–Crippen MR) is 105 cm³/mol. The fourth-order valence-corrected chi connectivity index (χ4v) is 2.91. The Morgan fingerprint density at radius 1 is 1.04 bits per heavy atom. The van der Waals surface area contributed by atoms with E-state index in [0.29, 0.717) is 11.3 Å². The lowest BCUT2D eigenvalue weighted by molar-refractivity contribution is -0.128. The van der Waals surface area contributed by atoms with E-state index in [9.17, 15) is 9.59 Å². The molecular weight excluding hydrogens is 342 g/mol. The number of hydrogen-bond acceptors (Lipinski definition) is 3. The summed E-state index contributed by atoms with van der Waals surface area (Å²) >= 11 is 0. The van der Waals surface area contributed by atoms with Crippen molar-refractivity contribution in [3.8, 4) is 5.75 Å². The Labute approximate surface area is 158 Å². The second-order valence-electron chi connectivity index (χ2n) is 6.57. The van der Waals surface area contributed by atoms with Crippen molar-refractivity contribution in [1.82, 2.24) is 15.4 Å². The van der Waals surface area contributed by atoms with Gasteiger partial charge in [0.05, 0.1) is 5.56 Å². The first-order valence-corrected chi connectivity index (χ1v) is 8.75. The first-order chi connectivity index (χ1) is 12.9. The quantitative estimate of drug-likeness (QED) is 0.698. The van der Waals surface area contributed by atoms with Gasteiger partial charge in [0.2, 0.25) is 0 Å². The van der Waals surface area contributed by atoms with E-state index in [2.05, 4.69) is 10.9 Å². The van der Waals surface area contributed by atoms with Crippen LogP contribution in [0.4, 0.5) is 0 Å². The van der Waals surface area contributed by atoms with Crippen LogP contribution in [0.3, 0.4) is 0 Å². The minimum atomic E-state index is -0.752. The van der Waals surface area contributed by atoms with Gasteiger partial charge < -0.3 is 9.30 Å². The molecule has 1 heterocycles. The number of fused-ring (bicyclic) bond motifs is 1. The van der Waals surface area contributed by atoms with Gasteiger partial charge in [-0.3, -0.25) is 20.4 Å². The van der Waals surface area contributed by atoms with Gasteiger partial charge in [-0.15, -0.1) is 0 Å². The molecule has 140 valence electrons. The number of hydrazine groups is 1. The maximum absolute atomic E-state index is 12.5. The smallest absolute Gasteiger partial charge is 0.279 e. The van der Waals surface area contributed by atoms with E-state index in [4.69, 9.17) is 4.74 Å². The maximum atomic E-state index is 12.5. The molecule has 3 aromatic rings. The number of ether oxygens (including phenoxy) is 1. The summed E-state index contributed by atoms with van der Waals surface area (Å²) < 4.78 is 7.61. The number of rotatable bonds is 4. The van der Waals surface area contributed by atoms with Crippen LogP contribution in [0.15, 0.2) is 48.7 Å².